The molecular formula is C23H29N5O. The van der Waals surface area contributed by atoms with Crippen molar-refractivity contribution in [3.05, 3.63) is 77.6 Å². The fourth-order valence-corrected chi connectivity index (χ4v) is 3.13. The van der Waals surface area contributed by atoms with Gasteiger partial charge in [-0.1, -0.05) is 24.3 Å². The standard InChI is InChI=1S/C23H29N5O/c1-18-5-6-20(17-22(18)29-3)12-15-26-23(24-2)25-14-11-19-7-9-21(10-8-19)28-16-4-13-27-28/h4-10,13,16-17H,11-12,14-15H2,1-3H3,(H2,24,25,26). The quantitative estimate of drug-likeness (QED) is 0.457. The Morgan fingerprint density at radius 1 is 1.03 bits per heavy atom. The summed E-state index contributed by atoms with van der Waals surface area (Å²) in [4.78, 5) is 4.30. The summed E-state index contributed by atoms with van der Waals surface area (Å²) < 4.78 is 7.25. The minimum atomic E-state index is 0.810. The zero-order chi connectivity index (χ0) is 20.5. The van der Waals surface area contributed by atoms with Gasteiger partial charge < -0.3 is 15.4 Å². The Kier molecular flexibility index (Phi) is 7.28. The zero-order valence-electron chi connectivity index (χ0n) is 17.4. The Morgan fingerprint density at radius 3 is 2.34 bits per heavy atom. The molecule has 0 aliphatic carbocycles. The first kappa shape index (κ1) is 20.5. The average molecular weight is 392 g/mol. The SMILES string of the molecule is CN=C(NCCc1ccc(-n2cccn2)cc1)NCCc1ccc(C)c(OC)c1. The van der Waals surface area contributed by atoms with Gasteiger partial charge in [0.05, 0.1) is 12.8 Å². The van der Waals surface area contributed by atoms with Crippen molar-refractivity contribution in [2.75, 3.05) is 27.2 Å². The van der Waals surface area contributed by atoms with Crippen molar-refractivity contribution in [1.82, 2.24) is 20.4 Å². The summed E-state index contributed by atoms with van der Waals surface area (Å²) in [5, 5.41) is 11.0. The molecule has 0 fully saturated rings. The molecule has 152 valence electrons. The first-order valence-corrected chi connectivity index (χ1v) is 9.86. The second kappa shape index (κ2) is 10.3. The van der Waals surface area contributed by atoms with Crippen molar-refractivity contribution in [3.8, 4) is 11.4 Å². The highest BCUT2D eigenvalue weighted by Crippen LogP contribution is 2.19. The van der Waals surface area contributed by atoms with Crippen molar-refractivity contribution in [1.29, 1.82) is 0 Å². The lowest BCUT2D eigenvalue weighted by molar-refractivity contribution is 0.411. The summed E-state index contributed by atoms with van der Waals surface area (Å²) in [6, 6.07) is 16.7. The number of methoxy groups -OCH3 is 1. The molecule has 3 rings (SSSR count). The second-order valence-electron chi connectivity index (χ2n) is 6.85. The van der Waals surface area contributed by atoms with Gasteiger partial charge in [-0.25, -0.2) is 4.68 Å². The number of aromatic nitrogens is 2. The smallest absolute Gasteiger partial charge is 0.190 e. The number of nitrogens with one attached hydrogen (secondary N) is 2. The molecule has 0 aliphatic heterocycles. The molecule has 0 radical (unpaired) electrons. The lowest BCUT2D eigenvalue weighted by Crippen LogP contribution is -2.39. The summed E-state index contributed by atoms with van der Waals surface area (Å²) in [5.41, 5.74) is 4.74. The number of aryl methyl sites for hydroxylation is 1. The van der Waals surface area contributed by atoms with Crippen LogP contribution in [0.5, 0.6) is 5.75 Å². The maximum Gasteiger partial charge on any atom is 0.190 e. The number of benzene rings is 2. The van der Waals surface area contributed by atoms with E-state index in [0.717, 1.165) is 48.9 Å². The Balaban J connectivity index is 1.41. The molecule has 1 heterocycles. The van der Waals surface area contributed by atoms with Crippen molar-refractivity contribution in [2.24, 2.45) is 4.99 Å². The second-order valence-corrected chi connectivity index (χ2v) is 6.85. The van der Waals surface area contributed by atoms with E-state index in [2.05, 4.69) is 70.1 Å². The third kappa shape index (κ3) is 5.85. The Hall–Kier alpha value is -3.28. The Labute approximate surface area is 172 Å². The van der Waals surface area contributed by atoms with Gasteiger partial charge in [-0.2, -0.15) is 5.10 Å². The van der Waals surface area contributed by atoms with Crippen LogP contribution in [0.2, 0.25) is 0 Å². The van der Waals surface area contributed by atoms with Crippen molar-refractivity contribution in [2.45, 2.75) is 19.8 Å². The third-order valence-corrected chi connectivity index (χ3v) is 4.81. The number of ether oxygens (including phenoxy) is 1. The van der Waals surface area contributed by atoms with Crippen LogP contribution < -0.4 is 15.4 Å². The van der Waals surface area contributed by atoms with Crippen molar-refractivity contribution in [3.63, 3.8) is 0 Å². The van der Waals surface area contributed by atoms with E-state index in [0.29, 0.717) is 0 Å². The molecule has 6 nitrogen and oxygen atoms in total. The Morgan fingerprint density at radius 2 is 1.72 bits per heavy atom. The van der Waals surface area contributed by atoms with Crippen LogP contribution in [0.4, 0.5) is 0 Å². The third-order valence-electron chi connectivity index (χ3n) is 4.81. The van der Waals surface area contributed by atoms with Gasteiger partial charge in [-0.05, 0) is 60.7 Å². The highest BCUT2D eigenvalue weighted by molar-refractivity contribution is 5.79. The van der Waals surface area contributed by atoms with E-state index in [4.69, 9.17) is 4.74 Å². The maximum atomic E-state index is 5.40. The highest BCUT2D eigenvalue weighted by atomic mass is 16.5. The molecule has 0 spiro atoms. The topological polar surface area (TPSA) is 63.5 Å². The lowest BCUT2D eigenvalue weighted by Gasteiger charge is -2.13. The highest BCUT2D eigenvalue weighted by Gasteiger charge is 2.02. The van der Waals surface area contributed by atoms with Gasteiger partial charge in [-0.3, -0.25) is 4.99 Å². The van der Waals surface area contributed by atoms with Crippen LogP contribution >= 0.6 is 0 Å². The summed E-state index contributed by atoms with van der Waals surface area (Å²) in [6.45, 7) is 3.68. The molecule has 29 heavy (non-hydrogen) atoms. The van der Waals surface area contributed by atoms with Gasteiger partial charge in [0.2, 0.25) is 0 Å². The van der Waals surface area contributed by atoms with Crippen LogP contribution in [-0.4, -0.2) is 43.0 Å². The maximum absolute atomic E-state index is 5.40. The number of rotatable bonds is 8. The summed E-state index contributed by atoms with van der Waals surface area (Å²) in [6.07, 6.45) is 5.56. The van der Waals surface area contributed by atoms with E-state index >= 15 is 0 Å². The van der Waals surface area contributed by atoms with Gasteiger partial charge >= 0.3 is 0 Å². The predicted octanol–water partition coefficient (Wildman–Crippen LogP) is 3.14. The molecule has 0 atom stereocenters. The molecule has 0 aliphatic rings. The largest absolute Gasteiger partial charge is 0.496 e. The van der Waals surface area contributed by atoms with Gasteiger partial charge in [0.15, 0.2) is 5.96 Å². The van der Waals surface area contributed by atoms with Crippen molar-refractivity contribution < 1.29 is 4.74 Å². The molecule has 3 aromatic rings. The van der Waals surface area contributed by atoms with Crippen molar-refractivity contribution >= 4 is 5.96 Å². The van der Waals surface area contributed by atoms with Gasteiger partial charge in [0, 0.05) is 32.5 Å². The molecule has 0 saturated carbocycles. The normalized spacial score (nSPS) is 11.3. The fourth-order valence-electron chi connectivity index (χ4n) is 3.13. The summed E-state index contributed by atoms with van der Waals surface area (Å²) in [5.74, 6) is 1.75. The minimum absolute atomic E-state index is 0.810. The molecule has 1 aromatic heterocycles. The zero-order valence-corrected chi connectivity index (χ0v) is 17.4. The molecule has 2 N–H and O–H groups in total. The fraction of sp³-hybridized carbons (Fsp3) is 0.304. The molecular weight excluding hydrogens is 362 g/mol. The van der Waals surface area contributed by atoms with E-state index in [1.165, 1.54) is 11.1 Å². The van der Waals surface area contributed by atoms with Crippen LogP contribution in [0.15, 0.2) is 65.9 Å². The van der Waals surface area contributed by atoms with Crippen LogP contribution in [0.25, 0.3) is 5.69 Å². The number of hydrogen-bond donors (Lipinski definition) is 2. The molecule has 0 saturated heterocycles. The number of nitrogens with zero attached hydrogens (tertiary/aromatic N) is 3. The molecule has 6 heteroatoms. The van der Waals surface area contributed by atoms with Gasteiger partial charge in [-0.15, -0.1) is 0 Å². The number of guanidine groups is 1. The van der Waals surface area contributed by atoms with Crippen LogP contribution in [0.1, 0.15) is 16.7 Å². The predicted molar refractivity (Wildman–Crippen MR) is 118 cm³/mol. The molecule has 0 amide bonds. The van der Waals surface area contributed by atoms with Crippen LogP contribution in [0.3, 0.4) is 0 Å². The number of aliphatic imine (C=N–C) groups is 1. The lowest BCUT2D eigenvalue weighted by atomic mass is 10.1. The monoisotopic (exact) mass is 391 g/mol. The van der Waals surface area contributed by atoms with Crippen LogP contribution in [0, 0.1) is 6.92 Å². The Bertz CT molecular complexity index is 917. The summed E-state index contributed by atoms with van der Waals surface area (Å²) in [7, 11) is 3.50. The number of hydrogen-bond acceptors (Lipinski definition) is 3. The van der Waals surface area contributed by atoms with E-state index in [-0.39, 0.29) is 0 Å². The van der Waals surface area contributed by atoms with E-state index in [1.54, 1.807) is 20.4 Å². The minimum Gasteiger partial charge on any atom is -0.496 e. The van der Waals surface area contributed by atoms with Crippen LogP contribution in [-0.2, 0) is 12.8 Å². The summed E-state index contributed by atoms with van der Waals surface area (Å²) >= 11 is 0. The first-order chi connectivity index (χ1) is 14.2. The van der Waals surface area contributed by atoms with Gasteiger partial charge in [0.25, 0.3) is 0 Å². The molecule has 2 aromatic carbocycles. The van der Waals surface area contributed by atoms with Gasteiger partial charge in [0.1, 0.15) is 5.75 Å². The van der Waals surface area contributed by atoms with E-state index in [9.17, 15) is 0 Å². The average Bonchev–Trinajstić information content (AvgIpc) is 3.29. The van der Waals surface area contributed by atoms with E-state index in [1.807, 2.05) is 16.9 Å². The van der Waals surface area contributed by atoms with E-state index < -0.39 is 0 Å². The molecule has 0 unspecified atom stereocenters. The first-order valence-electron chi connectivity index (χ1n) is 9.86. The molecule has 0 bridgehead atoms.